The van der Waals surface area contributed by atoms with E-state index >= 15 is 0 Å². The van der Waals surface area contributed by atoms with E-state index in [-0.39, 0.29) is 18.1 Å². The van der Waals surface area contributed by atoms with Gasteiger partial charge in [0.2, 0.25) is 5.91 Å². The molecule has 2 N–H and O–H groups in total. The minimum absolute atomic E-state index is 0.155. The highest BCUT2D eigenvalue weighted by molar-refractivity contribution is 5.94. The van der Waals surface area contributed by atoms with Gasteiger partial charge in [-0.25, -0.2) is 9.37 Å². The number of aromatic nitrogens is 2. The number of aromatic amines is 1. The van der Waals surface area contributed by atoms with E-state index in [9.17, 15) is 9.18 Å². The number of nitrogens with one attached hydrogen (secondary N) is 2. The van der Waals surface area contributed by atoms with Crippen molar-refractivity contribution in [1.29, 1.82) is 0 Å². The standard InChI is InChI=1S/C23H20FN3O2/c1-29-20-7-4-14-25-23(20)27-21(28)13-12-18-17-5-2-3-6-19(17)26-22(18)15-8-10-16(24)11-9-15/h2-11,14,26H,12-13H2,1H3,(H,25,27,28). The number of carbonyl (C=O) groups is 1. The second-order valence-electron chi connectivity index (χ2n) is 6.63. The highest BCUT2D eigenvalue weighted by atomic mass is 19.1. The van der Waals surface area contributed by atoms with Crippen molar-refractivity contribution in [2.45, 2.75) is 12.8 Å². The second-order valence-corrected chi connectivity index (χ2v) is 6.63. The summed E-state index contributed by atoms with van der Waals surface area (Å²) in [7, 11) is 1.54. The number of nitrogens with zero attached hydrogens (tertiary/aromatic N) is 1. The SMILES string of the molecule is COc1cccnc1NC(=O)CCc1c(-c2ccc(F)cc2)[nH]c2ccccc12. The molecule has 2 heterocycles. The molecule has 0 aliphatic heterocycles. The fourth-order valence-electron chi connectivity index (χ4n) is 3.40. The monoisotopic (exact) mass is 389 g/mol. The molecule has 0 saturated heterocycles. The zero-order valence-electron chi connectivity index (χ0n) is 15.9. The van der Waals surface area contributed by atoms with Crippen molar-refractivity contribution in [3.63, 3.8) is 0 Å². The molecule has 2 aromatic carbocycles. The van der Waals surface area contributed by atoms with Crippen molar-refractivity contribution in [2.24, 2.45) is 0 Å². The number of H-pyrrole nitrogens is 1. The van der Waals surface area contributed by atoms with Gasteiger partial charge in [0.25, 0.3) is 0 Å². The summed E-state index contributed by atoms with van der Waals surface area (Å²) in [6, 6.07) is 17.8. The zero-order valence-corrected chi connectivity index (χ0v) is 15.9. The Balaban J connectivity index is 1.59. The third-order valence-electron chi connectivity index (χ3n) is 4.80. The number of amides is 1. The lowest BCUT2D eigenvalue weighted by Crippen LogP contribution is -2.14. The Labute approximate surface area is 167 Å². The maximum atomic E-state index is 13.4. The molecule has 0 saturated carbocycles. The number of rotatable bonds is 6. The van der Waals surface area contributed by atoms with Crippen molar-refractivity contribution in [2.75, 3.05) is 12.4 Å². The predicted molar refractivity (Wildman–Crippen MR) is 111 cm³/mol. The number of ether oxygens (including phenoxy) is 1. The van der Waals surface area contributed by atoms with E-state index in [1.54, 1.807) is 30.5 Å². The van der Waals surface area contributed by atoms with Crippen LogP contribution < -0.4 is 10.1 Å². The normalized spacial score (nSPS) is 10.8. The molecule has 29 heavy (non-hydrogen) atoms. The number of fused-ring (bicyclic) bond motifs is 1. The van der Waals surface area contributed by atoms with Crippen LogP contribution in [0.25, 0.3) is 22.2 Å². The van der Waals surface area contributed by atoms with E-state index in [0.29, 0.717) is 18.0 Å². The molecule has 5 nitrogen and oxygen atoms in total. The van der Waals surface area contributed by atoms with Crippen LogP contribution in [0.1, 0.15) is 12.0 Å². The Bertz CT molecular complexity index is 1150. The molecule has 0 aliphatic carbocycles. The summed E-state index contributed by atoms with van der Waals surface area (Å²) >= 11 is 0. The van der Waals surface area contributed by atoms with Gasteiger partial charge in [0.05, 0.1) is 7.11 Å². The van der Waals surface area contributed by atoms with Crippen LogP contribution in [0.4, 0.5) is 10.2 Å². The molecule has 4 rings (SSSR count). The van der Waals surface area contributed by atoms with Crippen LogP contribution in [-0.2, 0) is 11.2 Å². The summed E-state index contributed by atoms with van der Waals surface area (Å²) in [5, 5.41) is 3.85. The molecule has 1 amide bonds. The quantitative estimate of drug-likeness (QED) is 0.490. The van der Waals surface area contributed by atoms with Crippen molar-refractivity contribution >= 4 is 22.6 Å². The number of hydrogen-bond acceptors (Lipinski definition) is 3. The summed E-state index contributed by atoms with van der Waals surface area (Å²) in [6.07, 6.45) is 2.40. The molecule has 0 spiro atoms. The lowest BCUT2D eigenvalue weighted by Gasteiger charge is -2.09. The Morgan fingerprint density at radius 1 is 1.10 bits per heavy atom. The zero-order chi connectivity index (χ0) is 20.2. The van der Waals surface area contributed by atoms with Gasteiger partial charge < -0.3 is 15.0 Å². The first-order valence-corrected chi connectivity index (χ1v) is 9.30. The van der Waals surface area contributed by atoms with E-state index in [1.807, 2.05) is 24.3 Å². The molecule has 146 valence electrons. The van der Waals surface area contributed by atoms with Crippen molar-refractivity contribution in [3.8, 4) is 17.0 Å². The first-order chi connectivity index (χ1) is 14.2. The number of carbonyl (C=O) groups excluding carboxylic acids is 1. The van der Waals surface area contributed by atoms with Gasteiger partial charge in [0.1, 0.15) is 5.82 Å². The van der Waals surface area contributed by atoms with E-state index < -0.39 is 0 Å². The molecule has 0 atom stereocenters. The van der Waals surface area contributed by atoms with E-state index in [2.05, 4.69) is 15.3 Å². The molecule has 0 bridgehead atoms. The number of benzene rings is 2. The largest absolute Gasteiger partial charge is 0.493 e. The first-order valence-electron chi connectivity index (χ1n) is 9.30. The Morgan fingerprint density at radius 3 is 2.69 bits per heavy atom. The molecule has 0 unspecified atom stereocenters. The van der Waals surface area contributed by atoms with Crippen molar-refractivity contribution in [3.05, 3.63) is 78.2 Å². The minimum atomic E-state index is -0.282. The first kappa shape index (κ1) is 18.7. The molecule has 0 fully saturated rings. The van der Waals surface area contributed by atoms with Crippen LogP contribution in [0.15, 0.2) is 66.9 Å². The molecule has 4 aromatic rings. The molecular weight excluding hydrogens is 369 g/mol. The van der Waals surface area contributed by atoms with Gasteiger partial charge in [-0.1, -0.05) is 18.2 Å². The highest BCUT2D eigenvalue weighted by Gasteiger charge is 2.15. The molecule has 0 aliphatic rings. The van der Waals surface area contributed by atoms with Crippen molar-refractivity contribution < 1.29 is 13.9 Å². The Hall–Kier alpha value is -3.67. The number of methoxy groups -OCH3 is 1. The summed E-state index contributed by atoms with van der Waals surface area (Å²) in [5.41, 5.74) is 3.78. The Kier molecular flexibility index (Phi) is 5.24. The van der Waals surface area contributed by atoms with Gasteiger partial charge in [-0.05, 0) is 60.0 Å². The summed E-state index contributed by atoms with van der Waals surface area (Å²) in [4.78, 5) is 20.1. The average molecular weight is 389 g/mol. The lowest BCUT2D eigenvalue weighted by molar-refractivity contribution is -0.116. The number of para-hydroxylation sites is 1. The summed E-state index contributed by atoms with van der Waals surface area (Å²) in [5.74, 6) is 0.477. The van der Waals surface area contributed by atoms with Crippen LogP contribution in [0.3, 0.4) is 0 Å². The van der Waals surface area contributed by atoms with Gasteiger partial charge in [-0.3, -0.25) is 4.79 Å². The van der Waals surface area contributed by atoms with Gasteiger partial charge in [-0.15, -0.1) is 0 Å². The van der Waals surface area contributed by atoms with E-state index in [0.717, 1.165) is 27.7 Å². The van der Waals surface area contributed by atoms with Crippen LogP contribution in [0, 0.1) is 5.82 Å². The van der Waals surface area contributed by atoms with Crippen LogP contribution in [-0.4, -0.2) is 23.0 Å². The summed E-state index contributed by atoms with van der Waals surface area (Å²) < 4.78 is 18.6. The lowest BCUT2D eigenvalue weighted by atomic mass is 10.0. The van der Waals surface area contributed by atoms with Crippen LogP contribution in [0.5, 0.6) is 5.75 Å². The number of pyridine rings is 1. The van der Waals surface area contributed by atoms with Crippen LogP contribution in [0.2, 0.25) is 0 Å². The molecular formula is C23H20FN3O2. The molecule has 2 aromatic heterocycles. The maximum absolute atomic E-state index is 13.4. The highest BCUT2D eigenvalue weighted by Crippen LogP contribution is 2.31. The number of halogens is 1. The fourth-order valence-corrected chi connectivity index (χ4v) is 3.40. The third kappa shape index (κ3) is 3.96. The van der Waals surface area contributed by atoms with E-state index in [1.165, 1.54) is 19.2 Å². The fraction of sp³-hybridized carbons (Fsp3) is 0.130. The minimum Gasteiger partial charge on any atom is -0.493 e. The van der Waals surface area contributed by atoms with Crippen molar-refractivity contribution in [1.82, 2.24) is 9.97 Å². The van der Waals surface area contributed by atoms with Gasteiger partial charge in [0.15, 0.2) is 11.6 Å². The van der Waals surface area contributed by atoms with Gasteiger partial charge >= 0.3 is 0 Å². The molecule has 0 radical (unpaired) electrons. The van der Waals surface area contributed by atoms with Gasteiger partial charge in [0, 0.05) is 29.2 Å². The number of hydrogen-bond donors (Lipinski definition) is 2. The van der Waals surface area contributed by atoms with Gasteiger partial charge in [-0.2, -0.15) is 0 Å². The maximum Gasteiger partial charge on any atom is 0.225 e. The molecule has 6 heteroatoms. The number of anilines is 1. The summed E-state index contributed by atoms with van der Waals surface area (Å²) in [6.45, 7) is 0. The predicted octanol–water partition coefficient (Wildman–Crippen LogP) is 4.95. The average Bonchev–Trinajstić information content (AvgIpc) is 3.12. The van der Waals surface area contributed by atoms with E-state index in [4.69, 9.17) is 4.74 Å². The third-order valence-corrected chi connectivity index (χ3v) is 4.80. The Morgan fingerprint density at radius 2 is 1.90 bits per heavy atom. The second kappa shape index (κ2) is 8.14. The topological polar surface area (TPSA) is 67.0 Å². The van der Waals surface area contributed by atoms with Crippen LogP contribution >= 0.6 is 0 Å². The number of aryl methyl sites for hydroxylation is 1. The smallest absolute Gasteiger partial charge is 0.225 e.